The Balaban J connectivity index is 1.17. The Bertz CT molecular complexity index is 1220. The number of nitrogens with one attached hydrogen (secondary N) is 1. The van der Waals surface area contributed by atoms with E-state index in [9.17, 15) is 9.59 Å². The average Bonchev–Trinajstić information content (AvgIpc) is 2.88. The summed E-state index contributed by atoms with van der Waals surface area (Å²) in [6.07, 6.45) is 3.01. The van der Waals surface area contributed by atoms with Crippen molar-refractivity contribution in [2.75, 3.05) is 45.3 Å². The zero-order valence-electron chi connectivity index (χ0n) is 19.0. The van der Waals surface area contributed by atoms with Crippen LogP contribution in [0.3, 0.4) is 0 Å². The van der Waals surface area contributed by atoms with Crippen molar-refractivity contribution in [3.8, 4) is 17.4 Å². The molecule has 1 aromatic carbocycles. The van der Waals surface area contributed by atoms with Crippen LogP contribution in [0.2, 0.25) is 0 Å². The van der Waals surface area contributed by atoms with Gasteiger partial charge in [0, 0.05) is 23.7 Å². The number of rotatable bonds is 6. The first-order valence-electron chi connectivity index (χ1n) is 11.4. The highest BCUT2D eigenvalue weighted by Crippen LogP contribution is 2.31. The normalized spacial score (nSPS) is 16.3. The molecule has 5 rings (SSSR count). The zero-order valence-corrected chi connectivity index (χ0v) is 19.0. The molecule has 0 radical (unpaired) electrons. The minimum absolute atomic E-state index is 0.0307. The van der Waals surface area contributed by atoms with Crippen molar-refractivity contribution in [2.24, 2.45) is 5.92 Å². The fraction of sp³-hybridized carbons (Fsp3) is 0.360. The Morgan fingerprint density at radius 3 is 2.68 bits per heavy atom. The summed E-state index contributed by atoms with van der Waals surface area (Å²) in [7, 11) is 1.55. The summed E-state index contributed by atoms with van der Waals surface area (Å²) in [4.78, 5) is 36.6. The van der Waals surface area contributed by atoms with E-state index in [0.29, 0.717) is 85.4 Å². The Labute approximate surface area is 197 Å². The lowest BCUT2D eigenvalue weighted by molar-refractivity contribution is -0.121. The number of nitrogens with zero attached hydrogens (tertiary/aromatic N) is 3. The van der Waals surface area contributed by atoms with Crippen LogP contribution < -0.4 is 19.5 Å². The van der Waals surface area contributed by atoms with Gasteiger partial charge in [0.1, 0.15) is 18.7 Å². The Morgan fingerprint density at radius 1 is 1.09 bits per heavy atom. The van der Waals surface area contributed by atoms with E-state index < -0.39 is 0 Å². The number of likely N-dealkylation sites (tertiary alicyclic amines) is 1. The third kappa shape index (κ3) is 4.65. The number of carbonyl (C=O) groups excluding carboxylic acids is 2. The lowest BCUT2D eigenvalue weighted by Crippen LogP contribution is -2.40. The molecule has 9 heteroatoms. The summed E-state index contributed by atoms with van der Waals surface area (Å²) < 4.78 is 16.3. The number of carbonyl (C=O) groups is 2. The molecule has 3 aromatic rings. The maximum Gasteiger partial charge on any atom is 0.227 e. The van der Waals surface area contributed by atoms with Crippen molar-refractivity contribution in [3.05, 3.63) is 48.2 Å². The Hall–Kier alpha value is -3.72. The summed E-state index contributed by atoms with van der Waals surface area (Å²) in [5.41, 5.74) is 2.51. The van der Waals surface area contributed by atoms with Crippen molar-refractivity contribution in [1.29, 1.82) is 0 Å². The van der Waals surface area contributed by atoms with Gasteiger partial charge in [-0.1, -0.05) is 0 Å². The number of pyridine rings is 2. The Morgan fingerprint density at radius 2 is 1.88 bits per heavy atom. The highest BCUT2D eigenvalue weighted by molar-refractivity contribution is 6.00. The van der Waals surface area contributed by atoms with E-state index in [1.807, 2.05) is 6.07 Å². The summed E-state index contributed by atoms with van der Waals surface area (Å²) in [6, 6.07) is 10.6. The van der Waals surface area contributed by atoms with Gasteiger partial charge >= 0.3 is 0 Å². The molecule has 9 nitrogen and oxygen atoms in total. The second-order valence-corrected chi connectivity index (χ2v) is 8.40. The van der Waals surface area contributed by atoms with E-state index in [-0.39, 0.29) is 17.6 Å². The summed E-state index contributed by atoms with van der Waals surface area (Å²) in [5, 5.41) is 3.01. The van der Waals surface area contributed by atoms with E-state index in [4.69, 9.17) is 14.2 Å². The van der Waals surface area contributed by atoms with E-state index in [0.717, 1.165) is 0 Å². The molecule has 2 aromatic heterocycles. The van der Waals surface area contributed by atoms with Crippen LogP contribution in [0.15, 0.2) is 42.6 Å². The standard InChI is InChI=1S/C25H26N4O5/c1-32-23-5-3-18-24(28-23)19(6-9-26-18)27-25(31)16-7-10-29(11-8-16)15-20(30)17-2-4-21-22(14-17)34-13-12-33-21/h2-6,9,14,16H,7-8,10-13,15H2,1H3,(H,26,27,31). The SMILES string of the molecule is COc1ccc2nccc(NC(=O)C3CCN(CC(=O)c4ccc5c(c4)OCCO5)CC3)c2n1. The lowest BCUT2D eigenvalue weighted by atomic mass is 9.95. The number of ether oxygens (including phenoxy) is 3. The monoisotopic (exact) mass is 462 g/mol. The van der Waals surface area contributed by atoms with Crippen LogP contribution in [0.1, 0.15) is 23.2 Å². The van der Waals surface area contributed by atoms with E-state index in [1.54, 1.807) is 43.6 Å². The van der Waals surface area contributed by atoms with Gasteiger partial charge in [-0.25, -0.2) is 4.98 Å². The fourth-order valence-corrected chi connectivity index (χ4v) is 4.32. The number of fused-ring (bicyclic) bond motifs is 2. The summed E-state index contributed by atoms with van der Waals surface area (Å²) >= 11 is 0. The van der Waals surface area contributed by atoms with E-state index >= 15 is 0 Å². The highest BCUT2D eigenvalue weighted by atomic mass is 16.6. The minimum atomic E-state index is -0.130. The van der Waals surface area contributed by atoms with Gasteiger partial charge in [-0.2, -0.15) is 0 Å². The molecule has 1 fully saturated rings. The number of benzene rings is 1. The first-order valence-corrected chi connectivity index (χ1v) is 11.4. The van der Waals surface area contributed by atoms with Crippen molar-refractivity contribution in [2.45, 2.75) is 12.8 Å². The maximum atomic E-state index is 13.0. The van der Waals surface area contributed by atoms with Crippen LogP contribution in [0, 0.1) is 5.92 Å². The molecule has 0 spiro atoms. The van der Waals surface area contributed by atoms with Gasteiger partial charge in [0.15, 0.2) is 17.3 Å². The van der Waals surface area contributed by atoms with Crippen LogP contribution in [0.5, 0.6) is 17.4 Å². The van der Waals surface area contributed by atoms with Gasteiger partial charge in [0.05, 0.1) is 24.9 Å². The van der Waals surface area contributed by atoms with Crippen LogP contribution >= 0.6 is 0 Å². The second-order valence-electron chi connectivity index (χ2n) is 8.40. The molecule has 1 saturated heterocycles. The molecule has 2 aliphatic rings. The van der Waals surface area contributed by atoms with Gasteiger partial charge in [-0.15, -0.1) is 0 Å². The number of methoxy groups -OCH3 is 1. The first-order chi connectivity index (χ1) is 16.6. The van der Waals surface area contributed by atoms with Gasteiger partial charge in [0.25, 0.3) is 0 Å². The smallest absolute Gasteiger partial charge is 0.227 e. The van der Waals surface area contributed by atoms with Crippen LogP contribution in [0.25, 0.3) is 11.0 Å². The average molecular weight is 463 g/mol. The number of hydrogen-bond donors (Lipinski definition) is 1. The molecule has 0 aliphatic carbocycles. The number of piperidine rings is 1. The lowest BCUT2D eigenvalue weighted by Gasteiger charge is -2.30. The number of amides is 1. The minimum Gasteiger partial charge on any atom is -0.486 e. The third-order valence-corrected chi connectivity index (χ3v) is 6.22. The molecule has 1 N–H and O–H groups in total. The molecule has 0 saturated carbocycles. The molecular formula is C25H26N4O5. The van der Waals surface area contributed by atoms with Crippen molar-refractivity contribution in [1.82, 2.24) is 14.9 Å². The topological polar surface area (TPSA) is 103 Å². The van der Waals surface area contributed by atoms with Gasteiger partial charge in [-0.3, -0.25) is 19.5 Å². The van der Waals surface area contributed by atoms with Gasteiger partial charge in [-0.05, 0) is 56.3 Å². The maximum absolute atomic E-state index is 13.0. The third-order valence-electron chi connectivity index (χ3n) is 6.22. The molecule has 0 atom stereocenters. The molecule has 1 amide bonds. The van der Waals surface area contributed by atoms with Crippen LogP contribution in [-0.4, -0.2) is 66.5 Å². The van der Waals surface area contributed by atoms with Crippen LogP contribution in [0.4, 0.5) is 5.69 Å². The number of anilines is 1. The number of Topliss-reactive ketones (excluding diaryl/α,β-unsaturated/α-hetero) is 1. The predicted octanol–water partition coefficient (Wildman–Crippen LogP) is 2.94. The molecular weight excluding hydrogens is 436 g/mol. The molecule has 176 valence electrons. The fourth-order valence-electron chi connectivity index (χ4n) is 4.32. The summed E-state index contributed by atoms with van der Waals surface area (Å²) in [5.74, 6) is 1.60. The van der Waals surface area contributed by atoms with Crippen molar-refractivity contribution >= 4 is 28.4 Å². The molecule has 34 heavy (non-hydrogen) atoms. The van der Waals surface area contributed by atoms with Gasteiger partial charge < -0.3 is 19.5 Å². The van der Waals surface area contributed by atoms with E-state index in [1.165, 1.54) is 0 Å². The van der Waals surface area contributed by atoms with Crippen molar-refractivity contribution < 1.29 is 23.8 Å². The summed E-state index contributed by atoms with van der Waals surface area (Å²) in [6.45, 7) is 2.67. The predicted molar refractivity (Wildman–Crippen MR) is 126 cm³/mol. The van der Waals surface area contributed by atoms with Crippen LogP contribution in [-0.2, 0) is 4.79 Å². The van der Waals surface area contributed by atoms with Crippen molar-refractivity contribution in [3.63, 3.8) is 0 Å². The zero-order chi connectivity index (χ0) is 23.5. The molecule has 2 aliphatic heterocycles. The molecule has 0 unspecified atom stereocenters. The Kier molecular flexibility index (Phi) is 6.27. The van der Waals surface area contributed by atoms with Gasteiger partial charge in [0.2, 0.25) is 11.8 Å². The largest absolute Gasteiger partial charge is 0.486 e. The number of hydrogen-bond acceptors (Lipinski definition) is 8. The highest BCUT2D eigenvalue weighted by Gasteiger charge is 2.27. The number of ketones is 1. The molecule has 0 bridgehead atoms. The second kappa shape index (κ2) is 9.64. The quantitative estimate of drug-likeness (QED) is 0.558. The number of aromatic nitrogens is 2. The van der Waals surface area contributed by atoms with E-state index in [2.05, 4.69) is 20.2 Å². The first kappa shape index (κ1) is 22.1. The molecule has 4 heterocycles.